The van der Waals surface area contributed by atoms with Gasteiger partial charge in [-0.05, 0) is 39.2 Å². The Bertz CT molecular complexity index is 453. The van der Waals surface area contributed by atoms with Crippen LogP contribution in [0.5, 0.6) is 0 Å². The third kappa shape index (κ3) is 7.50. The van der Waals surface area contributed by atoms with Crippen LogP contribution in [0.3, 0.4) is 0 Å². The highest BCUT2D eigenvalue weighted by Crippen LogP contribution is 2.25. The van der Waals surface area contributed by atoms with Crippen molar-refractivity contribution in [3.8, 4) is 0 Å². The van der Waals surface area contributed by atoms with E-state index in [4.69, 9.17) is 9.47 Å². The number of ether oxygens (including phenoxy) is 2. The summed E-state index contributed by atoms with van der Waals surface area (Å²) in [6, 6.07) is 9.63. The van der Waals surface area contributed by atoms with E-state index in [0.29, 0.717) is 19.6 Å². The largest absolute Gasteiger partial charge is 0.456 e. The Morgan fingerprint density at radius 2 is 1.73 bits per heavy atom. The number of benzene rings is 1. The van der Waals surface area contributed by atoms with Crippen LogP contribution in [0.2, 0.25) is 0 Å². The second kappa shape index (κ2) is 8.22. The maximum atomic E-state index is 13.6. The molecule has 0 spiro atoms. The Morgan fingerprint density at radius 3 is 2.32 bits per heavy atom. The first-order chi connectivity index (χ1) is 10.2. The number of unbranched alkanes of at least 4 members (excludes halogenated alkanes) is 1. The van der Waals surface area contributed by atoms with Gasteiger partial charge in [-0.25, -0.2) is 4.79 Å². The second-order valence-corrected chi connectivity index (χ2v) is 6.20. The van der Waals surface area contributed by atoms with Crippen molar-refractivity contribution in [2.24, 2.45) is 0 Å². The topological polar surface area (TPSA) is 35.5 Å². The SMILES string of the molecule is CC(C)(C)OC(=O)C(F)(F)CCCCOCc1ccccc1. The van der Waals surface area contributed by atoms with E-state index >= 15 is 0 Å². The molecular weight excluding hydrogens is 290 g/mol. The molecule has 22 heavy (non-hydrogen) atoms. The molecule has 0 amide bonds. The van der Waals surface area contributed by atoms with Gasteiger partial charge in [0.15, 0.2) is 0 Å². The van der Waals surface area contributed by atoms with Crippen molar-refractivity contribution in [3.63, 3.8) is 0 Å². The fourth-order valence-corrected chi connectivity index (χ4v) is 1.77. The summed E-state index contributed by atoms with van der Waals surface area (Å²) in [6.07, 6.45) is 0.170. The van der Waals surface area contributed by atoms with Gasteiger partial charge in [-0.2, -0.15) is 8.78 Å². The lowest BCUT2D eigenvalue weighted by Gasteiger charge is -2.23. The van der Waals surface area contributed by atoms with Gasteiger partial charge in [-0.3, -0.25) is 0 Å². The van der Waals surface area contributed by atoms with Gasteiger partial charge in [-0.15, -0.1) is 0 Å². The Kier molecular flexibility index (Phi) is 6.94. The molecule has 1 aromatic rings. The summed E-state index contributed by atoms with van der Waals surface area (Å²) in [5, 5.41) is 0. The normalized spacial score (nSPS) is 12.2. The molecular formula is C17H24F2O3. The predicted octanol–water partition coefficient (Wildman–Crippen LogP) is 4.35. The van der Waals surface area contributed by atoms with Crippen LogP contribution in [0.25, 0.3) is 0 Å². The Hall–Kier alpha value is -1.49. The summed E-state index contributed by atoms with van der Waals surface area (Å²) >= 11 is 0. The fraction of sp³-hybridized carbons (Fsp3) is 0.588. The number of carbonyl (C=O) groups is 1. The zero-order valence-corrected chi connectivity index (χ0v) is 13.4. The van der Waals surface area contributed by atoms with E-state index < -0.39 is 23.9 Å². The van der Waals surface area contributed by atoms with Gasteiger partial charge in [0.05, 0.1) is 6.61 Å². The highest BCUT2D eigenvalue weighted by atomic mass is 19.3. The minimum Gasteiger partial charge on any atom is -0.456 e. The average Bonchev–Trinajstić information content (AvgIpc) is 2.42. The van der Waals surface area contributed by atoms with Crippen LogP contribution in [-0.4, -0.2) is 24.1 Å². The Morgan fingerprint density at radius 1 is 1.09 bits per heavy atom. The average molecular weight is 314 g/mol. The van der Waals surface area contributed by atoms with E-state index in [-0.39, 0.29) is 6.42 Å². The van der Waals surface area contributed by atoms with E-state index in [1.807, 2.05) is 30.3 Å². The summed E-state index contributed by atoms with van der Waals surface area (Å²) < 4.78 is 37.3. The minimum atomic E-state index is -3.44. The molecule has 0 saturated heterocycles. The number of esters is 1. The van der Waals surface area contributed by atoms with Gasteiger partial charge in [0, 0.05) is 13.0 Å². The standard InChI is InChI=1S/C17H24F2O3/c1-16(2,3)22-15(20)17(18,19)11-7-8-12-21-13-14-9-5-4-6-10-14/h4-6,9-10H,7-8,11-13H2,1-3H3. The summed E-state index contributed by atoms with van der Waals surface area (Å²) in [7, 11) is 0. The number of rotatable bonds is 8. The van der Waals surface area contributed by atoms with Gasteiger partial charge in [0.2, 0.25) is 0 Å². The van der Waals surface area contributed by atoms with Crippen LogP contribution in [-0.2, 0) is 20.9 Å². The van der Waals surface area contributed by atoms with E-state index in [9.17, 15) is 13.6 Å². The number of carbonyl (C=O) groups excluding carboxylic acids is 1. The summed E-state index contributed by atoms with van der Waals surface area (Å²) in [6.45, 7) is 5.55. The van der Waals surface area contributed by atoms with E-state index in [2.05, 4.69) is 0 Å². The first-order valence-electron chi connectivity index (χ1n) is 7.44. The van der Waals surface area contributed by atoms with Crippen molar-refractivity contribution in [2.75, 3.05) is 6.61 Å². The highest BCUT2D eigenvalue weighted by Gasteiger charge is 2.41. The Labute approximate surface area is 130 Å². The van der Waals surface area contributed by atoms with Crippen molar-refractivity contribution in [3.05, 3.63) is 35.9 Å². The minimum absolute atomic E-state index is 0.209. The molecule has 0 atom stereocenters. The van der Waals surface area contributed by atoms with Gasteiger partial charge in [-0.1, -0.05) is 30.3 Å². The van der Waals surface area contributed by atoms with Crippen LogP contribution < -0.4 is 0 Å². The first-order valence-corrected chi connectivity index (χ1v) is 7.44. The molecule has 0 saturated carbocycles. The number of halogens is 2. The van der Waals surface area contributed by atoms with Gasteiger partial charge in [0.25, 0.3) is 0 Å². The lowest BCUT2D eigenvalue weighted by molar-refractivity contribution is -0.184. The van der Waals surface area contributed by atoms with Crippen LogP contribution in [0.15, 0.2) is 30.3 Å². The summed E-state index contributed by atoms with van der Waals surface area (Å²) in [5.74, 6) is -4.89. The van der Waals surface area contributed by atoms with Crippen molar-refractivity contribution < 1.29 is 23.0 Å². The smallest absolute Gasteiger partial charge is 0.377 e. The molecule has 0 aliphatic rings. The molecule has 1 rings (SSSR count). The molecule has 0 heterocycles. The van der Waals surface area contributed by atoms with Crippen molar-refractivity contribution in [1.29, 1.82) is 0 Å². The van der Waals surface area contributed by atoms with Crippen molar-refractivity contribution >= 4 is 5.97 Å². The number of hydrogen-bond acceptors (Lipinski definition) is 3. The quantitative estimate of drug-likeness (QED) is 0.528. The molecule has 0 aliphatic heterocycles. The molecule has 0 aromatic heterocycles. The van der Waals surface area contributed by atoms with Crippen LogP contribution in [0, 0.1) is 0 Å². The van der Waals surface area contributed by atoms with Gasteiger partial charge in [0.1, 0.15) is 5.60 Å². The molecule has 0 N–H and O–H groups in total. The molecule has 124 valence electrons. The molecule has 0 fully saturated rings. The van der Waals surface area contributed by atoms with Crippen LogP contribution >= 0.6 is 0 Å². The monoisotopic (exact) mass is 314 g/mol. The maximum absolute atomic E-state index is 13.6. The van der Waals surface area contributed by atoms with E-state index in [0.717, 1.165) is 5.56 Å². The third-order valence-corrected chi connectivity index (χ3v) is 2.84. The van der Waals surface area contributed by atoms with Gasteiger partial charge < -0.3 is 9.47 Å². The summed E-state index contributed by atoms with van der Waals surface area (Å²) in [5.41, 5.74) is 0.140. The van der Waals surface area contributed by atoms with Crippen LogP contribution in [0.1, 0.15) is 45.6 Å². The molecule has 0 radical (unpaired) electrons. The van der Waals surface area contributed by atoms with E-state index in [1.54, 1.807) is 20.8 Å². The predicted molar refractivity (Wildman–Crippen MR) is 80.7 cm³/mol. The maximum Gasteiger partial charge on any atom is 0.377 e. The zero-order chi connectivity index (χ0) is 16.6. The molecule has 0 unspecified atom stereocenters. The number of alkyl halides is 2. The molecule has 0 bridgehead atoms. The zero-order valence-electron chi connectivity index (χ0n) is 13.4. The molecule has 1 aromatic carbocycles. The van der Waals surface area contributed by atoms with Gasteiger partial charge >= 0.3 is 11.9 Å². The lowest BCUT2D eigenvalue weighted by atomic mass is 10.1. The van der Waals surface area contributed by atoms with Crippen molar-refractivity contribution in [2.45, 2.75) is 58.2 Å². The number of hydrogen-bond donors (Lipinski definition) is 0. The first kappa shape index (κ1) is 18.6. The van der Waals surface area contributed by atoms with Crippen molar-refractivity contribution in [1.82, 2.24) is 0 Å². The van der Waals surface area contributed by atoms with E-state index in [1.165, 1.54) is 0 Å². The fourth-order valence-electron chi connectivity index (χ4n) is 1.77. The molecule has 5 heteroatoms. The van der Waals surface area contributed by atoms with Crippen LogP contribution in [0.4, 0.5) is 8.78 Å². The highest BCUT2D eigenvalue weighted by molar-refractivity contribution is 5.77. The summed E-state index contributed by atoms with van der Waals surface area (Å²) in [4.78, 5) is 11.4. The molecule has 0 aliphatic carbocycles. The third-order valence-electron chi connectivity index (χ3n) is 2.84. The lowest BCUT2D eigenvalue weighted by Crippen LogP contribution is -2.36. The Balaban J connectivity index is 2.19. The molecule has 3 nitrogen and oxygen atoms in total. The second-order valence-electron chi connectivity index (χ2n) is 6.20.